The van der Waals surface area contributed by atoms with Crippen LogP contribution in [0.15, 0.2) is 12.3 Å². The summed E-state index contributed by atoms with van der Waals surface area (Å²) in [6.45, 7) is 7.32. The fraction of sp³-hybridized carbons (Fsp3) is 0.722. The number of carbonyl (C=O) groups excluding carboxylic acids is 1. The van der Waals surface area contributed by atoms with Crippen LogP contribution < -0.4 is 0 Å². The molecule has 0 spiro atoms. The van der Waals surface area contributed by atoms with E-state index in [9.17, 15) is 14.7 Å². The first-order valence-electron chi connectivity index (χ1n) is 9.01. The molecule has 1 aromatic rings. The molecule has 7 nitrogen and oxygen atoms in total. The van der Waals surface area contributed by atoms with Crippen LogP contribution in [0.5, 0.6) is 0 Å². The normalized spacial score (nSPS) is 26.2. The summed E-state index contributed by atoms with van der Waals surface area (Å²) >= 11 is 0. The number of piperidine rings is 1. The van der Waals surface area contributed by atoms with E-state index in [4.69, 9.17) is 4.74 Å². The van der Waals surface area contributed by atoms with Crippen molar-refractivity contribution in [2.75, 3.05) is 19.7 Å². The first-order valence-corrected chi connectivity index (χ1v) is 9.01. The fourth-order valence-electron chi connectivity index (χ4n) is 3.79. The second-order valence-corrected chi connectivity index (χ2v) is 7.65. The highest BCUT2D eigenvalue weighted by molar-refractivity contribution is 5.85. The summed E-state index contributed by atoms with van der Waals surface area (Å²) in [6.07, 6.45) is 4.07. The Bertz CT molecular complexity index is 653. The highest BCUT2D eigenvalue weighted by atomic mass is 16.5. The molecule has 0 aromatic carbocycles. The Balaban J connectivity index is 1.76. The smallest absolute Gasteiger partial charge is 0.331 e. The zero-order valence-corrected chi connectivity index (χ0v) is 15.2. The number of amides is 1. The quantitative estimate of drug-likeness (QED) is 0.898. The van der Waals surface area contributed by atoms with Gasteiger partial charge in [-0.1, -0.05) is 13.8 Å². The second-order valence-electron chi connectivity index (χ2n) is 7.65. The summed E-state index contributed by atoms with van der Waals surface area (Å²) in [5.41, 5.74) is -0.952. The lowest BCUT2D eigenvalue weighted by atomic mass is 9.86. The summed E-state index contributed by atoms with van der Waals surface area (Å²) in [5, 5.41) is 14.4. The topological polar surface area (TPSA) is 84.7 Å². The number of hydrogen-bond donors (Lipinski definition) is 1. The Labute approximate surface area is 147 Å². The third-order valence-electron chi connectivity index (χ3n) is 5.59. The molecule has 3 rings (SSSR count). The molecule has 2 fully saturated rings. The Hall–Kier alpha value is -1.89. The van der Waals surface area contributed by atoms with Gasteiger partial charge in [0.15, 0.2) is 5.54 Å². The lowest BCUT2D eigenvalue weighted by Gasteiger charge is -2.41. The molecule has 2 saturated heterocycles. The summed E-state index contributed by atoms with van der Waals surface area (Å²) < 4.78 is 7.23. The van der Waals surface area contributed by atoms with Crippen molar-refractivity contribution in [3.8, 4) is 0 Å². The number of nitrogens with zero attached hydrogens (tertiary/aromatic N) is 3. The molecule has 0 saturated carbocycles. The van der Waals surface area contributed by atoms with E-state index in [1.54, 1.807) is 15.8 Å². The van der Waals surface area contributed by atoms with Gasteiger partial charge in [0.2, 0.25) is 0 Å². The van der Waals surface area contributed by atoms with E-state index in [-0.39, 0.29) is 11.8 Å². The number of ether oxygens (including phenoxy) is 1. The molecule has 0 unspecified atom stereocenters. The summed E-state index contributed by atoms with van der Waals surface area (Å²) in [7, 11) is 0. The molecule has 1 atom stereocenters. The number of carboxylic acids is 1. The average Bonchev–Trinajstić information content (AvgIpc) is 3.24. The van der Waals surface area contributed by atoms with Gasteiger partial charge in [-0.15, -0.1) is 0 Å². The van der Waals surface area contributed by atoms with Crippen LogP contribution in [-0.2, 0) is 19.9 Å². The van der Waals surface area contributed by atoms with E-state index in [0.717, 1.165) is 18.5 Å². The monoisotopic (exact) mass is 349 g/mol. The highest BCUT2D eigenvalue weighted by Gasteiger charge is 2.48. The van der Waals surface area contributed by atoms with E-state index in [1.165, 1.54) is 0 Å². The number of likely N-dealkylation sites (tertiary alicyclic amines) is 1. The zero-order chi connectivity index (χ0) is 18.2. The standard InChI is InChI=1S/C18H27N3O4/c1-13(2)14-5-9-21(19-14)18(16(23)24)7-10-20(11-8-18)15(22)17(3)6-4-12-25-17/h5,9,13H,4,6-8,10-12H2,1-3H3,(H,23,24)/t17-/m1/s1. The van der Waals surface area contributed by atoms with Gasteiger partial charge in [0.05, 0.1) is 5.69 Å². The molecule has 1 aromatic heterocycles. The number of rotatable bonds is 4. The Morgan fingerprint density at radius 1 is 1.28 bits per heavy atom. The molecular formula is C18H27N3O4. The number of carboxylic acid groups (broad SMARTS) is 1. The van der Waals surface area contributed by atoms with E-state index >= 15 is 0 Å². The van der Waals surface area contributed by atoms with Gasteiger partial charge < -0.3 is 14.7 Å². The maximum absolute atomic E-state index is 12.8. The van der Waals surface area contributed by atoms with Crippen LogP contribution in [-0.4, -0.2) is 57.0 Å². The maximum Gasteiger partial charge on any atom is 0.331 e. The molecule has 1 N–H and O–H groups in total. The highest BCUT2D eigenvalue weighted by Crippen LogP contribution is 2.34. The van der Waals surface area contributed by atoms with Crippen molar-refractivity contribution >= 4 is 11.9 Å². The van der Waals surface area contributed by atoms with Crippen molar-refractivity contribution in [2.24, 2.45) is 0 Å². The van der Waals surface area contributed by atoms with Gasteiger partial charge in [0.1, 0.15) is 5.60 Å². The van der Waals surface area contributed by atoms with Crippen LogP contribution in [0.3, 0.4) is 0 Å². The molecule has 0 radical (unpaired) electrons. The zero-order valence-electron chi connectivity index (χ0n) is 15.2. The lowest BCUT2D eigenvalue weighted by Crippen LogP contribution is -2.56. The van der Waals surface area contributed by atoms with Gasteiger partial charge in [-0.25, -0.2) is 4.79 Å². The average molecular weight is 349 g/mol. The lowest BCUT2D eigenvalue weighted by molar-refractivity contribution is -0.159. The molecule has 138 valence electrons. The van der Waals surface area contributed by atoms with Crippen molar-refractivity contribution in [3.05, 3.63) is 18.0 Å². The number of aliphatic carboxylic acids is 1. The molecule has 2 aliphatic heterocycles. The van der Waals surface area contributed by atoms with Gasteiger partial charge in [-0.3, -0.25) is 9.48 Å². The fourth-order valence-corrected chi connectivity index (χ4v) is 3.79. The molecular weight excluding hydrogens is 322 g/mol. The van der Waals surface area contributed by atoms with Crippen molar-refractivity contribution in [1.29, 1.82) is 0 Å². The minimum atomic E-state index is -1.08. The molecule has 25 heavy (non-hydrogen) atoms. The van der Waals surface area contributed by atoms with Gasteiger partial charge >= 0.3 is 5.97 Å². The van der Waals surface area contributed by atoms with E-state index < -0.39 is 17.1 Å². The summed E-state index contributed by atoms with van der Waals surface area (Å²) in [6, 6.07) is 1.88. The molecule has 3 heterocycles. The third kappa shape index (κ3) is 3.05. The van der Waals surface area contributed by atoms with Gasteiger partial charge in [0, 0.05) is 38.7 Å². The van der Waals surface area contributed by atoms with Crippen molar-refractivity contribution in [3.63, 3.8) is 0 Å². The molecule has 2 aliphatic rings. The van der Waals surface area contributed by atoms with E-state index in [0.29, 0.717) is 32.5 Å². The van der Waals surface area contributed by atoms with Crippen LogP contribution in [0.25, 0.3) is 0 Å². The predicted molar refractivity (Wildman–Crippen MR) is 91.3 cm³/mol. The predicted octanol–water partition coefficient (Wildman–Crippen LogP) is 1.98. The van der Waals surface area contributed by atoms with Crippen molar-refractivity contribution in [1.82, 2.24) is 14.7 Å². The van der Waals surface area contributed by atoms with E-state index in [1.807, 2.05) is 26.8 Å². The first-order chi connectivity index (χ1) is 11.8. The number of carbonyl (C=O) groups is 2. The van der Waals surface area contributed by atoms with Gasteiger partial charge in [0.25, 0.3) is 5.91 Å². The molecule has 0 bridgehead atoms. The van der Waals surface area contributed by atoms with Crippen LogP contribution in [0.2, 0.25) is 0 Å². The summed E-state index contributed by atoms with van der Waals surface area (Å²) in [5.74, 6) is -0.665. The SMILES string of the molecule is CC(C)c1ccn(C2(C(=O)O)CCN(C(=O)[C@@]3(C)CCCO3)CC2)n1. The van der Waals surface area contributed by atoms with Gasteiger partial charge in [-0.05, 0) is 31.7 Å². The Kier molecular flexibility index (Phi) is 4.62. The third-order valence-corrected chi connectivity index (χ3v) is 5.59. The number of hydrogen-bond acceptors (Lipinski definition) is 4. The second kappa shape index (κ2) is 6.44. The Morgan fingerprint density at radius 3 is 2.44 bits per heavy atom. The van der Waals surface area contributed by atoms with E-state index in [2.05, 4.69) is 5.10 Å². The van der Waals surface area contributed by atoms with Crippen LogP contribution in [0.1, 0.15) is 58.1 Å². The maximum atomic E-state index is 12.8. The Morgan fingerprint density at radius 2 is 1.96 bits per heavy atom. The van der Waals surface area contributed by atoms with Crippen LogP contribution >= 0.6 is 0 Å². The first kappa shape index (κ1) is 17.9. The molecule has 0 aliphatic carbocycles. The summed E-state index contributed by atoms with van der Waals surface area (Å²) in [4.78, 5) is 26.6. The van der Waals surface area contributed by atoms with Crippen molar-refractivity contribution < 1.29 is 19.4 Å². The van der Waals surface area contributed by atoms with Gasteiger partial charge in [-0.2, -0.15) is 5.10 Å². The number of aromatic nitrogens is 2. The van der Waals surface area contributed by atoms with Crippen LogP contribution in [0, 0.1) is 0 Å². The molecule has 1 amide bonds. The minimum absolute atomic E-state index is 0.0210. The molecule has 7 heteroatoms. The largest absolute Gasteiger partial charge is 0.479 e. The van der Waals surface area contributed by atoms with Crippen molar-refractivity contribution in [2.45, 2.75) is 63.5 Å². The minimum Gasteiger partial charge on any atom is -0.479 e. The van der Waals surface area contributed by atoms with Crippen LogP contribution in [0.4, 0.5) is 0 Å².